The van der Waals surface area contributed by atoms with E-state index in [2.05, 4.69) is 59.5 Å². The topological polar surface area (TPSA) is 79.4 Å². The van der Waals surface area contributed by atoms with E-state index < -0.39 is 5.60 Å². The SMILES string of the molecule is COc1cc2nc(-c3ccc(N4CCN(C(=O)OC(C)(C)C)CC4)cc3)cc(NCCCN(C)C)c2cc1OC. The molecule has 9 heteroatoms. The second-order valence-electron chi connectivity index (χ2n) is 11.4. The molecule has 2 heterocycles. The van der Waals surface area contributed by atoms with E-state index >= 15 is 0 Å². The zero-order valence-corrected chi connectivity index (χ0v) is 24.9. The number of amides is 1. The fraction of sp³-hybridized carbons (Fsp3) is 0.484. The maximum Gasteiger partial charge on any atom is 0.410 e. The number of piperazine rings is 1. The molecule has 1 aromatic heterocycles. The van der Waals surface area contributed by atoms with Crippen molar-refractivity contribution in [3.8, 4) is 22.8 Å². The lowest BCUT2D eigenvalue weighted by atomic mass is 10.1. The summed E-state index contributed by atoms with van der Waals surface area (Å²) >= 11 is 0. The largest absolute Gasteiger partial charge is 0.493 e. The van der Waals surface area contributed by atoms with E-state index in [0.717, 1.165) is 66.1 Å². The lowest BCUT2D eigenvalue weighted by Crippen LogP contribution is -2.50. The number of fused-ring (bicyclic) bond motifs is 1. The number of pyridine rings is 1. The minimum atomic E-state index is -0.486. The summed E-state index contributed by atoms with van der Waals surface area (Å²) in [6.07, 6.45) is 0.778. The molecule has 0 aliphatic carbocycles. The Labute approximate surface area is 238 Å². The number of aromatic nitrogens is 1. The number of nitrogens with zero attached hydrogens (tertiary/aromatic N) is 4. The number of methoxy groups -OCH3 is 2. The predicted octanol–water partition coefficient (Wildman–Crippen LogP) is 5.34. The number of carbonyl (C=O) groups is 1. The van der Waals surface area contributed by atoms with Gasteiger partial charge in [-0.05, 0) is 72.1 Å². The van der Waals surface area contributed by atoms with Crippen molar-refractivity contribution >= 4 is 28.4 Å². The predicted molar refractivity (Wildman–Crippen MR) is 162 cm³/mol. The number of hydrogen-bond acceptors (Lipinski definition) is 8. The normalized spacial score (nSPS) is 14.0. The summed E-state index contributed by atoms with van der Waals surface area (Å²) in [5.74, 6) is 1.33. The van der Waals surface area contributed by atoms with Crippen molar-refractivity contribution in [2.75, 3.05) is 77.8 Å². The highest BCUT2D eigenvalue weighted by atomic mass is 16.6. The van der Waals surface area contributed by atoms with Crippen LogP contribution in [0, 0.1) is 0 Å². The molecule has 0 spiro atoms. The number of carbonyl (C=O) groups excluding carboxylic acids is 1. The summed E-state index contributed by atoms with van der Waals surface area (Å²) in [5, 5.41) is 4.61. The van der Waals surface area contributed by atoms with Gasteiger partial charge in [-0.3, -0.25) is 0 Å². The molecule has 1 fully saturated rings. The Kier molecular flexibility index (Phi) is 9.25. The zero-order valence-electron chi connectivity index (χ0n) is 24.9. The van der Waals surface area contributed by atoms with Crippen molar-refractivity contribution < 1.29 is 19.0 Å². The maximum absolute atomic E-state index is 12.4. The quantitative estimate of drug-likeness (QED) is 0.359. The Morgan fingerprint density at radius 2 is 1.62 bits per heavy atom. The summed E-state index contributed by atoms with van der Waals surface area (Å²) in [6.45, 7) is 10.3. The Hall–Kier alpha value is -3.72. The highest BCUT2D eigenvalue weighted by Gasteiger charge is 2.26. The third kappa shape index (κ3) is 7.27. The lowest BCUT2D eigenvalue weighted by molar-refractivity contribution is 0.0240. The molecule has 0 unspecified atom stereocenters. The van der Waals surface area contributed by atoms with Gasteiger partial charge in [0.2, 0.25) is 0 Å². The van der Waals surface area contributed by atoms with Crippen LogP contribution in [-0.4, -0.2) is 94.1 Å². The van der Waals surface area contributed by atoms with Crippen molar-refractivity contribution in [2.24, 2.45) is 0 Å². The second kappa shape index (κ2) is 12.6. The van der Waals surface area contributed by atoms with Gasteiger partial charge in [0.05, 0.1) is 25.4 Å². The minimum Gasteiger partial charge on any atom is -0.493 e. The molecule has 0 saturated carbocycles. The second-order valence-corrected chi connectivity index (χ2v) is 11.4. The van der Waals surface area contributed by atoms with Crippen molar-refractivity contribution in [2.45, 2.75) is 32.8 Å². The Balaban J connectivity index is 1.54. The van der Waals surface area contributed by atoms with Crippen molar-refractivity contribution in [3.63, 3.8) is 0 Å². The van der Waals surface area contributed by atoms with E-state index in [1.165, 1.54) is 0 Å². The monoisotopic (exact) mass is 549 g/mol. The molecule has 3 aromatic rings. The third-order valence-electron chi connectivity index (χ3n) is 6.87. The molecule has 1 amide bonds. The van der Waals surface area contributed by atoms with Crippen LogP contribution in [0.5, 0.6) is 11.5 Å². The minimum absolute atomic E-state index is 0.245. The fourth-order valence-electron chi connectivity index (χ4n) is 4.78. The van der Waals surface area contributed by atoms with Crippen LogP contribution in [-0.2, 0) is 4.74 Å². The lowest BCUT2D eigenvalue weighted by Gasteiger charge is -2.36. The molecule has 2 aromatic carbocycles. The Morgan fingerprint density at radius 1 is 0.975 bits per heavy atom. The van der Waals surface area contributed by atoms with Crippen molar-refractivity contribution in [1.29, 1.82) is 0 Å². The van der Waals surface area contributed by atoms with Crippen LogP contribution in [0.1, 0.15) is 27.2 Å². The molecule has 216 valence electrons. The molecule has 1 aliphatic heterocycles. The van der Waals surface area contributed by atoms with E-state index in [0.29, 0.717) is 24.6 Å². The van der Waals surface area contributed by atoms with Gasteiger partial charge in [0.25, 0.3) is 0 Å². The van der Waals surface area contributed by atoms with Crippen molar-refractivity contribution in [3.05, 3.63) is 42.5 Å². The first-order valence-electron chi connectivity index (χ1n) is 13.9. The van der Waals surface area contributed by atoms with Crippen LogP contribution in [0.3, 0.4) is 0 Å². The van der Waals surface area contributed by atoms with Gasteiger partial charge < -0.3 is 34.2 Å². The number of nitrogens with one attached hydrogen (secondary N) is 1. The van der Waals surface area contributed by atoms with Gasteiger partial charge >= 0.3 is 6.09 Å². The molecule has 0 atom stereocenters. The number of anilines is 2. The maximum atomic E-state index is 12.4. The summed E-state index contributed by atoms with van der Waals surface area (Å²) in [7, 11) is 7.46. The van der Waals surface area contributed by atoms with Crippen LogP contribution < -0.4 is 19.7 Å². The fourth-order valence-corrected chi connectivity index (χ4v) is 4.78. The third-order valence-corrected chi connectivity index (χ3v) is 6.87. The van der Waals surface area contributed by atoms with Gasteiger partial charge in [-0.15, -0.1) is 0 Å². The first-order chi connectivity index (χ1) is 19.1. The molecule has 40 heavy (non-hydrogen) atoms. The van der Waals surface area contributed by atoms with Crippen molar-refractivity contribution in [1.82, 2.24) is 14.8 Å². The molecular weight excluding hydrogens is 506 g/mol. The molecule has 1 N–H and O–H groups in total. The molecule has 0 bridgehead atoms. The van der Waals surface area contributed by atoms with Crippen LogP contribution in [0.4, 0.5) is 16.2 Å². The van der Waals surface area contributed by atoms with Gasteiger partial charge in [0.15, 0.2) is 11.5 Å². The first kappa shape index (κ1) is 29.3. The van der Waals surface area contributed by atoms with E-state index in [-0.39, 0.29) is 6.09 Å². The van der Waals surface area contributed by atoms with Crippen LogP contribution in [0.2, 0.25) is 0 Å². The highest BCUT2D eigenvalue weighted by Crippen LogP contribution is 2.37. The average Bonchev–Trinajstić information content (AvgIpc) is 2.93. The molecule has 1 saturated heterocycles. The molecule has 9 nitrogen and oxygen atoms in total. The van der Waals surface area contributed by atoms with E-state index in [9.17, 15) is 4.79 Å². The van der Waals surface area contributed by atoms with Crippen LogP contribution in [0.25, 0.3) is 22.2 Å². The Morgan fingerprint density at radius 3 is 2.23 bits per heavy atom. The van der Waals surface area contributed by atoms with E-state index in [1.54, 1.807) is 19.1 Å². The average molecular weight is 550 g/mol. The van der Waals surface area contributed by atoms with Gasteiger partial charge in [-0.2, -0.15) is 0 Å². The number of ether oxygens (including phenoxy) is 3. The van der Waals surface area contributed by atoms with Crippen LogP contribution >= 0.6 is 0 Å². The van der Waals surface area contributed by atoms with Gasteiger partial charge in [-0.25, -0.2) is 9.78 Å². The molecular formula is C31H43N5O4. The van der Waals surface area contributed by atoms with E-state index in [1.807, 2.05) is 32.9 Å². The van der Waals surface area contributed by atoms with E-state index in [4.69, 9.17) is 19.2 Å². The Bertz CT molecular complexity index is 1300. The first-order valence-corrected chi connectivity index (χ1v) is 13.9. The molecule has 0 radical (unpaired) electrons. The zero-order chi connectivity index (χ0) is 28.9. The highest BCUT2D eigenvalue weighted by molar-refractivity contribution is 5.96. The smallest absolute Gasteiger partial charge is 0.410 e. The van der Waals surface area contributed by atoms with Gasteiger partial charge in [0, 0.05) is 61.1 Å². The number of rotatable bonds is 9. The van der Waals surface area contributed by atoms with Crippen LogP contribution in [0.15, 0.2) is 42.5 Å². The summed E-state index contributed by atoms with van der Waals surface area (Å²) < 4.78 is 16.6. The molecule has 1 aliphatic rings. The number of benzene rings is 2. The molecule has 4 rings (SSSR count). The summed E-state index contributed by atoms with van der Waals surface area (Å²) in [5.41, 5.74) is 4.41. The summed E-state index contributed by atoms with van der Waals surface area (Å²) in [6, 6.07) is 14.5. The van der Waals surface area contributed by atoms with Gasteiger partial charge in [0.1, 0.15) is 5.60 Å². The van der Waals surface area contributed by atoms with Gasteiger partial charge in [-0.1, -0.05) is 12.1 Å². The number of hydrogen-bond donors (Lipinski definition) is 1. The summed E-state index contributed by atoms with van der Waals surface area (Å²) in [4.78, 5) is 23.7. The standard InChI is InChI=1S/C31H43N5O4/c1-31(2,3)40-30(37)36-17-15-35(16-18-36)23-11-9-22(10-12-23)25-20-26(32-13-8-14-34(4)5)24-19-28(38-6)29(39-7)21-27(24)33-25/h9-12,19-21H,8,13-18H2,1-7H3,(H,32,33).